The maximum Gasteiger partial charge on any atom is 0.337 e. The molecule has 19 nitrogen and oxygen atoms in total. The van der Waals surface area contributed by atoms with Gasteiger partial charge < -0.3 is 73.6 Å². The zero-order valence-electron chi connectivity index (χ0n) is 44.8. The van der Waals surface area contributed by atoms with Crippen molar-refractivity contribution < 1.29 is 92.8 Å². The van der Waals surface area contributed by atoms with Gasteiger partial charge in [0.1, 0.15) is 48.8 Å². The first kappa shape index (κ1) is 57.6. The van der Waals surface area contributed by atoms with Crippen LogP contribution in [0.1, 0.15) is 128 Å². The molecule has 73 heavy (non-hydrogen) atoms. The van der Waals surface area contributed by atoms with E-state index < -0.39 is 161 Å². The third-order valence-corrected chi connectivity index (χ3v) is 20.0. The number of hydrogen-bond acceptors (Lipinski definition) is 19. The van der Waals surface area contributed by atoms with Crippen LogP contribution in [0, 0.1) is 56.2 Å². The Morgan fingerprint density at radius 2 is 1.49 bits per heavy atom. The lowest BCUT2D eigenvalue weighted by molar-refractivity contribution is -0.358. The second kappa shape index (κ2) is 21.0. The van der Waals surface area contributed by atoms with Gasteiger partial charge in [0, 0.05) is 23.3 Å². The molecule has 6 fully saturated rings. The maximum absolute atomic E-state index is 14.0. The number of fused-ring (bicyclic) bond motifs is 7. The number of rotatable bonds is 13. The lowest BCUT2D eigenvalue weighted by Gasteiger charge is -2.72. The van der Waals surface area contributed by atoms with E-state index in [2.05, 4.69) is 26.8 Å². The Hall–Kier alpha value is -3.08. The third-order valence-electron chi connectivity index (χ3n) is 20.0. The highest BCUT2D eigenvalue weighted by Gasteiger charge is 2.75. The van der Waals surface area contributed by atoms with Crippen molar-refractivity contribution in [3.05, 3.63) is 23.3 Å². The molecule has 2 saturated heterocycles. The van der Waals surface area contributed by atoms with E-state index in [0.29, 0.717) is 50.5 Å². The zero-order chi connectivity index (χ0) is 54.1. The number of methoxy groups -OCH3 is 1. The quantitative estimate of drug-likeness (QED) is 0.0459. The fourth-order valence-electron chi connectivity index (χ4n) is 15.2. The van der Waals surface area contributed by atoms with Crippen molar-refractivity contribution in [2.45, 2.75) is 207 Å². The van der Waals surface area contributed by atoms with Gasteiger partial charge >= 0.3 is 23.9 Å². The Balaban J connectivity index is 1.24. The van der Waals surface area contributed by atoms with Crippen molar-refractivity contribution in [2.75, 3.05) is 26.9 Å². The van der Waals surface area contributed by atoms with Gasteiger partial charge in [0.25, 0.3) is 0 Å². The smallest absolute Gasteiger partial charge is 0.337 e. The number of hydrogen-bond donors (Lipinski definition) is 7. The molecule has 7 N–H and O–H groups in total. The third kappa shape index (κ3) is 9.33. The monoisotopic (exact) mass is 1040 g/mol. The Bertz CT molecular complexity index is 2130. The maximum atomic E-state index is 14.0. The van der Waals surface area contributed by atoms with E-state index in [9.17, 15) is 54.9 Å². The van der Waals surface area contributed by atoms with Gasteiger partial charge in [-0.3, -0.25) is 9.59 Å². The number of carbonyl (C=O) groups excluding carboxylic acids is 4. The summed E-state index contributed by atoms with van der Waals surface area (Å²) in [7, 11) is 1.10. The zero-order valence-corrected chi connectivity index (χ0v) is 44.8. The summed E-state index contributed by atoms with van der Waals surface area (Å²) < 4.78 is 48.1. The first-order chi connectivity index (χ1) is 34.1. The number of esters is 4. The molecule has 2 aliphatic heterocycles. The molecule has 2 heterocycles. The lowest BCUT2D eigenvalue weighted by Crippen LogP contribution is -2.73. The lowest BCUT2D eigenvalue weighted by atomic mass is 9.33. The molecule has 22 atom stereocenters. The van der Waals surface area contributed by atoms with E-state index in [1.165, 1.54) is 6.92 Å². The average Bonchev–Trinajstić information content (AvgIpc) is 3.34. The summed E-state index contributed by atoms with van der Waals surface area (Å²) in [5, 5.41) is 77.7. The normalized spacial score (nSPS) is 46.7. The number of ether oxygens (including phenoxy) is 8. The first-order valence-electron chi connectivity index (χ1n) is 26.3. The topological polar surface area (TPSA) is 284 Å². The number of carbonyl (C=O) groups is 4. The number of allylic oxidation sites excluding steroid dienone is 3. The highest BCUT2D eigenvalue weighted by molar-refractivity contribution is 5.88. The van der Waals surface area contributed by atoms with Crippen molar-refractivity contribution in [3.8, 4) is 0 Å². The van der Waals surface area contributed by atoms with Crippen LogP contribution in [0.15, 0.2) is 23.3 Å². The summed E-state index contributed by atoms with van der Waals surface area (Å²) in [6, 6.07) is 0. The predicted octanol–water partition coefficient (Wildman–Crippen LogP) is 3.18. The first-order valence-corrected chi connectivity index (χ1v) is 26.3. The molecule has 0 aromatic heterocycles. The molecule has 0 aromatic carbocycles. The summed E-state index contributed by atoms with van der Waals surface area (Å²) in [6.07, 6.45) is -11.1. The fourth-order valence-corrected chi connectivity index (χ4v) is 15.2. The molecular formula is C54H84O19. The van der Waals surface area contributed by atoms with Crippen LogP contribution in [0.5, 0.6) is 0 Å². The molecule has 7 rings (SSSR count). The van der Waals surface area contributed by atoms with Crippen molar-refractivity contribution in [2.24, 2.45) is 56.2 Å². The van der Waals surface area contributed by atoms with E-state index in [0.717, 1.165) is 12.7 Å². The van der Waals surface area contributed by atoms with Crippen LogP contribution in [0.2, 0.25) is 0 Å². The summed E-state index contributed by atoms with van der Waals surface area (Å²) in [5.41, 5.74) is -3.26. The van der Waals surface area contributed by atoms with Gasteiger partial charge in [-0.15, -0.1) is 0 Å². The summed E-state index contributed by atoms with van der Waals surface area (Å²) in [6.45, 7) is 19.8. The summed E-state index contributed by atoms with van der Waals surface area (Å²) in [4.78, 5) is 54.1. The minimum absolute atomic E-state index is 0.00369. The summed E-state index contributed by atoms with van der Waals surface area (Å²) in [5.74, 6) is -3.81. The molecule has 5 aliphatic carbocycles. The molecule has 0 radical (unpaired) electrons. The minimum atomic E-state index is -1.85. The van der Waals surface area contributed by atoms with Crippen LogP contribution in [0.25, 0.3) is 0 Å². The van der Waals surface area contributed by atoms with E-state index in [1.54, 1.807) is 26.8 Å². The Labute approximate surface area is 429 Å². The van der Waals surface area contributed by atoms with Gasteiger partial charge in [-0.1, -0.05) is 73.1 Å². The minimum Gasteiger partial charge on any atom is -0.467 e. The largest absolute Gasteiger partial charge is 0.467 e. The van der Waals surface area contributed by atoms with Gasteiger partial charge in [-0.2, -0.15) is 0 Å². The Morgan fingerprint density at radius 1 is 0.808 bits per heavy atom. The van der Waals surface area contributed by atoms with Gasteiger partial charge in [-0.25, -0.2) is 9.59 Å². The van der Waals surface area contributed by atoms with Crippen molar-refractivity contribution >= 4 is 23.9 Å². The second-order valence-corrected chi connectivity index (χ2v) is 24.2. The van der Waals surface area contributed by atoms with Gasteiger partial charge in [0.2, 0.25) is 0 Å². The van der Waals surface area contributed by atoms with Crippen LogP contribution in [-0.2, 0) is 57.1 Å². The highest BCUT2D eigenvalue weighted by Crippen LogP contribution is 2.76. The van der Waals surface area contributed by atoms with E-state index >= 15 is 0 Å². The van der Waals surface area contributed by atoms with Gasteiger partial charge in [-0.05, 0) is 99.2 Å². The molecule has 0 amide bonds. The van der Waals surface area contributed by atoms with Crippen molar-refractivity contribution in [3.63, 3.8) is 0 Å². The Kier molecular flexibility index (Phi) is 16.6. The summed E-state index contributed by atoms with van der Waals surface area (Å²) >= 11 is 0. The average molecular weight is 1040 g/mol. The van der Waals surface area contributed by atoms with E-state index in [1.807, 2.05) is 27.7 Å². The highest BCUT2D eigenvalue weighted by atomic mass is 16.7. The molecule has 0 aromatic rings. The van der Waals surface area contributed by atoms with Crippen LogP contribution in [0.3, 0.4) is 0 Å². The molecule has 15 unspecified atom stereocenters. The molecule has 19 heteroatoms. The van der Waals surface area contributed by atoms with E-state index in [4.69, 9.17) is 37.9 Å². The Morgan fingerprint density at radius 3 is 2.10 bits per heavy atom. The number of aliphatic hydroxyl groups excluding tert-OH is 7. The number of aliphatic hydroxyl groups is 7. The SMILES string of the molecule is C/C=C(/C)C(=O)O[C@H]1[C@H](OC(=O)C(C)CC)[C@@]2(CO)C(CC1(C)C)C1=CCC3C4(C)CCC(OC5OC(C(=O)OC)C(O)C(OC6OCC(O)C(O)C6O)C5O)[C@@](C)(CO)C4CC[C@@]3(C)[C@]1(C)C[C@H]2OC(C)=O. The van der Waals surface area contributed by atoms with Crippen molar-refractivity contribution in [1.29, 1.82) is 0 Å². The van der Waals surface area contributed by atoms with Crippen LogP contribution in [0.4, 0.5) is 0 Å². The molecule has 0 bridgehead atoms. The molecule has 4 saturated carbocycles. The van der Waals surface area contributed by atoms with Gasteiger partial charge in [0.15, 0.2) is 24.8 Å². The molecular weight excluding hydrogens is 953 g/mol. The van der Waals surface area contributed by atoms with Crippen molar-refractivity contribution in [1.82, 2.24) is 0 Å². The fraction of sp³-hybridized carbons (Fsp3) is 0.852. The van der Waals surface area contributed by atoms with Crippen LogP contribution >= 0.6 is 0 Å². The molecule has 7 aliphatic rings. The second-order valence-electron chi connectivity index (χ2n) is 24.2. The van der Waals surface area contributed by atoms with Crippen LogP contribution in [-0.4, -0.2) is 166 Å². The molecule has 0 spiro atoms. The van der Waals surface area contributed by atoms with Gasteiger partial charge in [0.05, 0.1) is 44.4 Å². The van der Waals surface area contributed by atoms with Crippen LogP contribution < -0.4 is 0 Å². The standard InChI is InChI=1S/C54H84O19/c1-13-26(3)44(63)72-42-43(73-45(64)27(4)14-2)54(25-56)30(21-49(42,6)7)29-15-16-33-50(8)19-18-34(51(9,24-55)32(50)17-20-52(33,10)53(29,11)22-35(54)68-28(5)57)69-48-39(62)40(38(61)41(71-48)46(65)66-12)70-47-37(60)36(59)31(58)23-67-47/h13,15,27,30-43,47-48,55-56,58-62H,14,16-25H2,1-12H3/b26-13-/t27?,30?,31?,32?,33?,34?,35-,36?,37?,38?,39?,40?,41?,42+,43+,47?,48?,50?,51+,52-,53-,54+/m1/s1. The van der Waals surface area contributed by atoms with E-state index in [-0.39, 0.29) is 24.9 Å². The molecule has 414 valence electrons. The predicted molar refractivity (Wildman–Crippen MR) is 258 cm³/mol.